The Morgan fingerprint density at radius 3 is 2.12 bits per heavy atom. The van der Waals surface area contributed by atoms with Gasteiger partial charge < -0.3 is 44.7 Å². The van der Waals surface area contributed by atoms with Crippen LogP contribution in [0.1, 0.15) is 162 Å². The zero-order valence-corrected chi connectivity index (χ0v) is 39.7. The van der Waals surface area contributed by atoms with Crippen molar-refractivity contribution < 1.29 is 71.0 Å². The molecule has 3 rings (SSSR count). The van der Waals surface area contributed by atoms with Gasteiger partial charge in [0.2, 0.25) is 0 Å². The Morgan fingerprint density at radius 2 is 1.45 bits per heavy atom. The van der Waals surface area contributed by atoms with Crippen LogP contribution in [0.3, 0.4) is 0 Å². The number of nitrogens with two attached hydrogens (primary N) is 1. The normalized spacial score (nSPS) is 23.2. The largest absolute Gasteiger partial charge is 0.481 e. The van der Waals surface area contributed by atoms with Crippen molar-refractivity contribution in [2.24, 2.45) is 5.92 Å². The van der Waals surface area contributed by atoms with Gasteiger partial charge in [-0.2, -0.15) is 9.29 Å². The average molecular weight is 952 g/mol. The molecule has 1 aromatic heterocycles. The van der Waals surface area contributed by atoms with Crippen LogP contribution >= 0.6 is 15.6 Å². The van der Waals surface area contributed by atoms with Crippen molar-refractivity contribution in [1.82, 2.24) is 9.55 Å². The van der Waals surface area contributed by atoms with Crippen LogP contribution in [-0.2, 0) is 51.0 Å². The van der Waals surface area contributed by atoms with Gasteiger partial charge in [-0.1, -0.05) is 116 Å². The number of phosphoric acid groups is 2. The Kier molecular flexibility index (Phi) is 26.1. The highest BCUT2D eigenvalue weighted by Crippen LogP contribution is 2.60. The van der Waals surface area contributed by atoms with E-state index >= 15 is 0 Å². The maximum atomic E-state index is 12.8. The molecule has 9 atom stereocenters. The topological polar surface area (TPSA) is 278 Å². The van der Waals surface area contributed by atoms with Gasteiger partial charge in [0.25, 0.3) is 0 Å². The molecule has 2 fully saturated rings. The Labute approximate surface area is 378 Å². The van der Waals surface area contributed by atoms with E-state index in [1.54, 1.807) is 0 Å². The van der Waals surface area contributed by atoms with E-state index in [1.165, 1.54) is 44.6 Å². The third kappa shape index (κ3) is 23.3. The molecule has 2 saturated heterocycles. The average Bonchev–Trinajstić information content (AvgIpc) is 3.92. The number of hydrogen-bond acceptors (Lipinski definition) is 16. The number of anilines is 1. The number of rotatable bonds is 36. The minimum absolute atomic E-state index is 0.0442. The molecule has 0 saturated carbocycles. The molecule has 0 radical (unpaired) electrons. The summed E-state index contributed by atoms with van der Waals surface area (Å²) in [5.41, 5.74) is 4.58. The van der Waals surface area contributed by atoms with Gasteiger partial charge in [0.15, 0.2) is 12.3 Å². The zero-order valence-electron chi connectivity index (χ0n) is 38.0. The van der Waals surface area contributed by atoms with Crippen molar-refractivity contribution in [2.45, 2.75) is 198 Å². The fourth-order valence-corrected chi connectivity index (χ4v) is 9.32. The fourth-order valence-electron chi connectivity index (χ4n) is 7.21. The molecule has 2 aliphatic rings. The lowest BCUT2D eigenvalue weighted by Crippen LogP contribution is -2.36. The molecule has 0 spiro atoms. The minimum Gasteiger partial charge on any atom is -0.462 e. The third-order valence-corrected chi connectivity index (χ3v) is 13.6. The summed E-state index contributed by atoms with van der Waals surface area (Å²) in [6, 6.07) is 1.25. The number of esters is 2. The van der Waals surface area contributed by atoms with E-state index in [9.17, 15) is 43.5 Å². The SMILES string of the molecule is CCCCC/C=C\CC1OC1CCCCCCCC(=O)OC[C@H](COP(=O)(O)OP(=O)(O)OC[C@H]1O[C@@H](n2ccc(N)nc2=O)[C@H](O)[C@@H]1O)OC(=O)CCCCCCCCCC(C)C. The van der Waals surface area contributed by atoms with Crippen LogP contribution in [0, 0.1) is 5.92 Å². The highest BCUT2D eigenvalue weighted by atomic mass is 31.3. The number of ether oxygens (including phenoxy) is 4. The second-order valence-electron chi connectivity index (χ2n) is 17.1. The quantitative estimate of drug-likeness (QED) is 0.0145. The van der Waals surface area contributed by atoms with Crippen molar-refractivity contribution >= 4 is 33.4 Å². The molecule has 2 aliphatic heterocycles. The number of aliphatic hydroxyl groups is 2. The number of hydrogen-bond donors (Lipinski definition) is 5. The monoisotopic (exact) mass is 951 g/mol. The maximum absolute atomic E-state index is 12.8. The summed E-state index contributed by atoms with van der Waals surface area (Å²) in [5, 5.41) is 20.9. The number of unbranched alkanes of at least 4 members (excludes halogenated alkanes) is 13. The molecule has 21 heteroatoms. The molecular weight excluding hydrogens is 876 g/mol. The van der Waals surface area contributed by atoms with Crippen molar-refractivity contribution in [3.05, 3.63) is 34.9 Å². The first-order valence-corrected chi connectivity index (χ1v) is 26.2. The minimum atomic E-state index is -5.42. The third-order valence-electron chi connectivity index (χ3n) is 11.0. The van der Waals surface area contributed by atoms with E-state index in [-0.39, 0.29) is 18.7 Å². The smallest absolute Gasteiger partial charge is 0.462 e. The first-order valence-electron chi connectivity index (χ1n) is 23.2. The molecule has 368 valence electrons. The maximum Gasteiger partial charge on any atom is 0.481 e. The predicted molar refractivity (Wildman–Crippen MR) is 238 cm³/mol. The molecule has 64 heavy (non-hydrogen) atoms. The number of aromatic nitrogens is 2. The molecule has 0 amide bonds. The van der Waals surface area contributed by atoms with E-state index in [0.717, 1.165) is 81.4 Å². The predicted octanol–water partition coefficient (Wildman–Crippen LogP) is 7.34. The van der Waals surface area contributed by atoms with Crippen LogP contribution in [-0.4, -0.2) is 97.9 Å². The summed E-state index contributed by atoms with van der Waals surface area (Å²) in [4.78, 5) is 61.7. The van der Waals surface area contributed by atoms with Gasteiger partial charge in [-0.25, -0.2) is 13.9 Å². The second kappa shape index (κ2) is 30.0. The zero-order chi connectivity index (χ0) is 47.0. The fraction of sp³-hybridized carbons (Fsp3) is 0.814. The Morgan fingerprint density at radius 1 is 0.812 bits per heavy atom. The van der Waals surface area contributed by atoms with Gasteiger partial charge in [-0.05, 0) is 50.5 Å². The van der Waals surface area contributed by atoms with Crippen molar-refractivity contribution in [2.75, 3.05) is 25.6 Å². The van der Waals surface area contributed by atoms with E-state index in [2.05, 4.69) is 42.2 Å². The summed E-state index contributed by atoms with van der Waals surface area (Å²) in [5.74, 6) is -0.634. The van der Waals surface area contributed by atoms with E-state index in [4.69, 9.17) is 33.7 Å². The van der Waals surface area contributed by atoms with Crippen LogP contribution in [0.25, 0.3) is 0 Å². The Bertz CT molecular complexity index is 1700. The number of nitrogen functional groups attached to an aromatic ring is 1. The first-order chi connectivity index (χ1) is 30.5. The Hall–Kier alpha value is -2.54. The molecule has 6 N–H and O–H groups in total. The summed E-state index contributed by atoms with van der Waals surface area (Å²) in [7, 11) is -10.8. The van der Waals surface area contributed by atoms with Crippen LogP contribution in [0.2, 0.25) is 0 Å². The summed E-state index contributed by atoms with van der Waals surface area (Å²) >= 11 is 0. The van der Waals surface area contributed by atoms with Gasteiger partial charge in [0.05, 0.1) is 25.4 Å². The molecule has 3 heterocycles. The summed E-state index contributed by atoms with van der Waals surface area (Å²) in [6.45, 7) is 4.30. The number of aliphatic hydroxyl groups excluding tert-OH is 2. The van der Waals surface area contributed by atoms with Crippen molar-refractivity contribution in [3.63, 3.8) is 0 Å². The number of nitrogens with zero attached hydrogens (tertiary/aromatic N) is 2. The van der Waals surface area contributed by atoms with E-state index in [1.807, 2.05) is 0 Å². The lowest BCUT2D eigenvalue weighted by atomic mass is 10.0. The van der Waals surface area contributed by atoms with E-state index in [0.29, 0.717) is 31.0 Å². The number of carbonyl (C=O) groups excluding carboxylic acids is 2. The lowest BCUT2D eigenvalue weighted by molar-refractivity contribution is -0.161. The molecule has 0 aromatic carbocycles. The van der Waals surface area contributed by atoms with Crippen LogP contribution < -0.4 is 11.4 Å². The van der Waals surface area contributed by atoms with Gasteiger partial charge >= 0.3 is 33.3 Å². The standard InChI is InChI=1S/C43H75N3O16P2/c1-4-5-6-7-13-18-23-34-35(60-34)24-19-14-11-16-20-25-38(47)56-29-33(59-39(48)26-21-15-10-8-9-12-17-22-32(2)3)30-57-63(52,53)62-64(54,55)58-31-36-40(49)41(50)42(61-36)46-28-27-37(44)45-43(46)51/h13,18,27-28,32-36,40-42,49-50H,4-12,14-17,19-26,29-31H2,1-3H3,(H,52,53)(H,54,55)(H2,44,45,51)/b18-13-/t33-,34?,35?,36-,40-,41-,42-/m1/s1. The van der Waals surface area contributed by atoms with Crippen molar-refractivity contribution in [3.8, 4) is 0 Å². The van der Waals surface area contributed by atoms with Crippen molar-refractivity contribution in [1.29, 1.82) is 0 Å². The molecule has 19 nitrogen and oxygen atoms in total. The molecular formula is C43H75N3O16P2. The molecule has 1 aromatic rings. The van der Waals surface area contributed by atoms with Gasteiger partial charge in [-0.3, -0.25) is 23.2 Å². The summed E-state index contributed by atoms with van der Waals surface area (Å²) < 4.78 is 62.4. The molecule has 0 bridgehead atoms. The number of carbonyl (C=O) groups is 2. The van der Waals surface area contributed by atoms with Gasteiger partial charge in [0, 0.05) is 19.0 Å². The lowest BCUT2D eigenvalue weighted by Gasteiger charge is -2.21. The molecule has 4 unspecified atom stereocenters. The van der Waals surface area contributed by atoms with Gasteiger partial charge in [-0.15, -0.1) is 0 Å². The van der Waals surface area contributed by atoms with Crippen LogP contribution in [0.15, 0.2) is 29.2 Å². The second-order valence-corrected chi connectivity index (χ2v) is 20.2. The van der Waals surface area contributed by atoms with E-state index < -0.39 is 83.7 Å². The number of allylic oxidation sites excluding steroid dienone is 1. The highest BCUT2D eigenvalue weighted by molar-refractivity contribution is 7.61. The highest BCUT2D eigenvalue weighted by Gasteiger charge is 2.46. The number of phosphoric ester groups is 2. The van der Waals surface area contributed by atoms with Crippen LogP contribution in [0.4, 0.5) is 5.82 Å². The van der Waals surface area contributed by atoms with Crippen LogP contribution in [0.5, 0.6) is 0 Å². The molecule has 0 aliphatic carbocycles. The summed E-state index contributed by atoms with van der Waals surface area (Å²) in [6.07, 6.45) is 17.9. The first kappa shape index (κ1) is 55.8. The van der Waals surface area contributed by atoms with Gasteiger partial charge in [0.1, 0.15) is 30.7 Å². The number of epoxide rings is 1. The Balaban J connectivity index is 1.41.